The van der Waals surface area contributed by atoms with E-state index in [-0.39, 0.29) is 17.7 Å². The van der Waals surface area contributed by atoms with Gasteiger partial charge in [-0.1, -0.05) is 0 Å². The number of alkyl halides is 3. The molecule has 0 aliphatic carbocycles. The van der Waals surface area contributed by atoms with Gasteiger partial charge in [0, 0.05) is 19.3 Å². The molecule has 0 saturated carbocycles. The van der Waals surface area contributed by atoms with E-state index in [1.54, 1.807) is 0 Å². The first kappa shape index (κ1) is 14.6. The summed E-state index contributed by atoms with van der Waals surface area (Å²) in [4.78, 5) is 14.4. The zero-order valence-electron chi connectivity index (χ0n) is 10.2. The Hall–Kier alpha value is -1.43. The van der Waals surface area contributed by atoms with E-state index in [0.29, 0.717) is 24.9 Å². The monoisotopic (exact) mass is 261 g/mol. The molecule has 0 bridgehead atoms. The van der Waals surface area contributed by atoms with Crippen molar-refractivity contribution in [2.75, 3.05) is 13.7 Å². The topological polar surface area (TPSA) is 39.2 Å². The number of carbonyl (C=O) groups excluding carboxylic acids is 1. The van der Waals surface area contributed by atoms with Crippen LogP contribution in [0.25, 0.3) is 0 Å². The molecule has 0 aliphatic rings. The van der Waals surface area contributed by atoms with E-state index in [2.05, 4.69) is 4.98 Å². The van der Waals surface area contributed by atoms with E-state index < -0.39 is 11.9 Å². The summed E-state index contributed by atoms with van der Waals surface area (Å²) in [5, 5.41) is 0. The molecule has 0 aromatic carbocycles. The van der Waals surface area contributed by atoms with Crippen LogP contribution >= 0.6 is 0 Å². The van der Waals surface area contributed by atoms with E-state index in [0.717, 1.165) is 6.07 Å². The number of hydrogen-bond acceptors (Lipinski definition) is 3. The highest BCUT2D eigenvalue weighted by molar-refractivity contribution is 5.78. The third kappa shape index (κ3) is 3.53. The van der Waals surface area contributed by atoms with Crippen LogP contribution in [0.15, 0.2) is 6.07 Å². The zero-order chi connectivity index (χ0) is 13.8. The number of methoxy groups -OCH3 is 1. The van der Waals surface area contributed by atoms with Crippen molar-refractivity contribution in [2.24, 2.45) is 0 Å². The van der Waals surface area contributed by atoms with Crippen molar-refractivity contribution < 1.29 is 22.7 Å². The number of aryl methyl sites for hydroxylation is 2. The third-order valence-corrected chi connectivity index (χ3v) is 2.51. The normalized spacial score (nSPS) is 11.6. The molecule has 0 fully saturated rings. The maximum atomic E-state index is 12.6. The molecule has 0 radical (unpaired) electrons. The van der Waals surface area contributed by atoms with Crippen LogP contribution in [0.1, 0.15) is 33.7 Å². The predicted octanol–water partition coefficient (Wildman–Crippen LogP) is 2.80. The first-order valence-electron chi connectivity index (χ1n) is 5.42. The average Bonchev–Trinajstić information content (AvgIpc) is 2.27. The Labute approximate surface area is 103 Å². The van der Waals surface area contributed by atoms with Gasteiger partial charge in [-0.05, 0) is 31.4 Å². The molecule has 1 heterocycles. The van der Waals surface area contributed by atoms with Gasteiger partial charge in [-0.25, -0.2) is 4.98 Å². The van der Waals surface area contributed by atoms with E-state index in [9.17, 15) is 18.0 Å². The largest absolute Gasteiger partial charge is 0.433 e. The molecular formula is C12H14F3NO2. The third-order valence-electron chi connectivity index (χ3n) is 2.51. The van der Waals surface area contributed by atoms with Crippen LogP contribution in [0.3, 0.4) is 0 Å². The van der Waals surface area contributed by atoms with Gasteiger partial charge in [-0.2, -0.15) is 13.2 Å². The molecule has 1 aromatic rings. The van der Waals surface area contributed by atoms with Gasteiger partial charge in [-0.15, -0.1) is 0 Å². The smallest absolute Gasteiger partial charge is 0.385 e. The molecule has 1 rings (SSSR count). The van der Waals surface area contributed by atoms with Gasteiger partial charge in [0.25, 0.3) is 0 Å². The summed E-state index contributed by atoms with van der Waals surface area (Å²) in [6.45, 7) is 1.88. The molecular weight excluding hydrogens is 247 g/mol. The van der Waals surface area contributed by atoms with Gasteiger partial charge in [-0.3, -0.25) is 4.79 Å². The van der Waals surface area contributed by atoms with Crippen LogP contribution in [0.2, 0.25) is 0 Å². The van der Waals surface area contributed by atoms with Crippen LogP contribution in [-0.2, 0) is 17.3 Å². The summed E-state index contributed by atoms with van der Waals surface area (Å²) in [5.74, 6) is 0. The lowest BCUT2D eigenvalue weighted by molar-refractivity contribution is -0.141. The molecule has 0 atom stereocenters. The fourth-order valence-electron chi connectivity index (χ4n) is 1.63. The molecule has 0 spiro atoms. The lowest BCUT2D eigenvalue weighted by Gasteiger charge is -2.12. The predicted molar refractivity (Wildman–Crippen MR) is 59.6 cm³/mol. The van der Waals surface area contributed by atoms with Gasteiger partial charge < -0.3 is 4.74 Å². The Morgan fingerprint density at radius 3 is 2.61 bits per heavy atom. The molecule has 0 aliphatic heterocycles. The Morgan fingerprint density at radius 1 is 1.44 bits per heavy atom. The van der Waals surface area contributed by atoms with Crippen molar-refractivity contribution in [2.45, 2.75) is 25.9 Å². The Balaban J connectivity index is 3.11. The van der Waals surface area contributed by atoms with Gasteiger partial charge in [0.2, 0.25) is 0 Å². The summed E-state index contributed by atoms with van der Waals surface area (Å²) in [5.41, 5.74) is -0.258. The van der Waals surface area contributed by atoms with Gasteiger partial charge in [0.1, 0.15) is 5.69 Å². The second kappa shape index (κ2) is 5.95. The minimum atomic E-state index is -4.50. The Kier molecular flexibility index (Phi) is 4.84. The number of carbonyl (C=O) groups is 1. The van der Waals surface area contributed by atoms with E-state index in [1.165, 1.54) is 14.0 Å². The van der Waals surface area contributed by atoms with E-state index in [4.69, 9.17) is 4.74 Å². The number of hydrogen-bond donors (Lipinski definition) is 0. The van der Waals surface area contributed by atoms with Crippen molar-refractivity contribution in [1.82, 2.24) is 4.98 Å². The molecule has 0 unspecified atom stereocenters. The second-order valence-corrected chi connectivity index (χ2v) is 3.90. The molecule has 1 aromatic heterocycles. The van der Waals surface area contributed by atoms with Crippen LogP contribution in [-0.4, -0.2) is 25.0 Å². The van der Waals surface area contributed by atoms with Crippen molar-refractivity contribution in [3.8, 4) is 0 Å². The number of nitrogens with zero attached hydrogens (tertiary/aromatic N) is 1. The standard InChI is InChI=1S/C12H14F3NO2/c1-8-6-11(12(13,14)15)16-10(9(8)7-17)4-3-5-18-2/h6-7H,3-5H2,1-2H3. The molecule has 0 saturated heterocycles. The molecule has 6 heteroatoms. The van der Waals surface area contributed by atoms with Crippen LogP contribution in [0.5, 0.6) is 0 Å². The molecule has 0 N–H and O–H groups in total. The Bertz CT molecular complexity index is 430. The Morgan fingerprint density at radius 2 is 2.11 bits per heavy atom. The first-order chi connectivity index (χ1) is 8.40. The minimum absolute atomic E-state index is 0.175. The zero-order valence-corrected chi connectivity index (χ0v) is 10.2. The fraction of sp³-hybridized carbons (Fsp3) is 0.500. The van der Waals surface area contributed by atoms with Gasteiger partial charge >= 0.3 is 6.18 Å². The second-order valence-electron chi connectivity index (χ2n) is 3.90. The van der Waals surface area contributed by atoms with Gasteiger partial charge in [0.15, 0.2) is 6.29 Å². The molecule has 100 valence electrons. The quantitative estimate of drug-likeness (QED) is 0.604. The molecule has 0 amide bonds. The van der Waals surface area contributed by atoms with Crippen molar-refractivity contribution in [3.05, 3.63) is 28.6 Å². The first-order valence-corrected chi connectivity index (χ1v) is 5.42. The highest BCUT2D eigenvalue weighted by Gasteiger charge is 2.33. The lowest BCUT2D eigenvalue weighted by Crippen LogP contribution is -2.13. The van der Waals surface area contributed by atoms with Gasteiger partial charge in [0.05, 0.1) is 5.69 Å². The summed E-state index contributed by atoms with van der Waals surface area (Å²) in [7, 11) is 1.51. The number of pyridine rings is 1. The average molecular weight is 261 g/mol. The van der Waals surface area contributed by atoms with Crippen molar-refractivity contribution in [3.63, 3.8) is 0 Å². The van der Waals surface area contributed by atoms with Crippen LogP contribution in [0.4, 0.5) is 13.2 Å². The van der Waals surface area contributed by atoms with Crippen LogP contribution in [0, 0.1) is 6.92 Å². The highest BCUT2D eigenvalue weighted by atomic mass is 19.4. The molecule has 3 nitrogen and oxygen atoms in total. The minimum Gasteiger partial charge on any atom is -0.385 e. The number of aldehydes is 1. The maximum Gasteiger partial charge on any atom is 0.433 e. The maximum absolute atomic E-state index is 12.6. The summed E-state index contributed by atoms with van der Waals surface area (Å²) in [6.07, 6.45) is -3.15. The molecule has 18 heavy (non-hydrogen) atoms. The fourth-order valence-corrected chi connectivity index (χ4v) is 1.63. The van der Waals surface area contributed by atoms with Crippen molar-refractivity contribution >= 4 is 6.29 Å². The number of ether oxygens (including phenoxy) is 1. The van der Waals surface area contributed by atoms with E-state index >= 15 is 0 Å². The summed E-state index contributed by atoms with van der Waals surface area (Å²) in [6, 6.07) is 0.892. The SMILES string of the molecule is COCCCc1nc(C(F)(F)F)cc(C)c1C=O. The summed E-state index contributed by atoms with van der Waals surface area (Å²) < 4.78 is 42.6. The highest BCUT2D eigenvalue weighted by Crippen LogP contribution is 2.29. The number of rotatable bonds is 5. The summed E-state index contributed by atoms with van der Waals surface area (Å²) >= 11 is 0. The lowest BCUT2D eigenvalue weighted by atomic mass is 10.0. The number of halogens is 3. The van der Waals surface area contributed by atoms with E-state index in [1.807, 2.05) is 0 Å². The van der Waals surface area contributed by atoms with Crippen molar-refractivity contribution in [1.29, 1.82) is 0 Å². The number of aromatic nitrogens is 1. The van der Waals surface area contributed by atoms with Crippen LogP contribution < -0.4 is 0 Å².